The van der Waals surface area contributed by atoms with Crippen LogP contribution in [0.15, 0.2) is 47.1 Å². The molecule has 0 spiro atoms. The molecule has 1 heterocycles. The second kappa shape index (κ2) is 4.62. The van der Waals surface area contributed by atoms with Crippen molar-refractivity contribution in [2.45, 2.75) is 12.5 Å². The molecule has 1 aromatic rings. The number of hydrogen-bond donors (Lipinski definition) is 1. The average molecular weight is 268 g/mol. The Kier molecular flexibility index (Phi) is 3.21. The van der Waals surface area contributed by atoms with E-state index < -0.39 is 0 Å². The van der Waals surface area contributed by atoms with Crippen LogP contribution in [-0.2, 0) is 6.42 Å². The third-order valence-electron chi connectivity index (χ3n) is 2.28. The molecule has 15 heavy (non-hydrogen) atoms. The topological polar surface area (TPSA) is 12.0 Å². The Morgan fingerprint density at radius 2 is 2.00 bits per heavy atom. The van der Waals surface area contributed by atoms with Gasteiger partial charge >= 0.3 is 0 Å². The van der Waals surface area contributed by atoms with Crippen molar-refractivity contribution >= 4 is 15.9 Å². The van der Waals surface area contributed by atoms with Gasteiger partial charge in [0.15, 0.2) is 0 Å². The highest BCUT2D eigenvalue weighted by Gasteiger charge is 2.08. The van der Waals surface area contributed by atoms with E-state index >= 15 is 0 Å². The van der Waals surface area contributed by atoms with Gasteiger partial charge in [0.05, 0.1) is 4.61 Å². The summed E-state index contributed by atoms with van der Waals surface area (Å²) in [5.74, 6) is -0.188. The Balaban J connectivity index is 2.01. The molecule has 3 heteroatoms. The van der Waals surface area contributed by atoms with E-state index in [4.69, 9.17) is 0 Å². The lowest BCUT2D eigenvalue weighted by Crippen LogP contribution is -2.28. The zero-order valence-electron chi connectivity index (χ0n) is 8.08. The van der Waals surface area contributed by atoms with Crippen LogP contribution in [0.4, 0.5) is 4.39 Å². The summed E-state index contributed by atoms with van der Waals surface area (Å²) in [4.78, 5) is 0. The number of halogens is 2. The molecule has 1 atom stereocenters. The fraction of sp³-hybridized carbons (Fsp3) is 0.167. The lowest BCUT2D eigenvalue weighted by molar-refractivity contribution is 0.625. The average Bonchev–Trinajstić information content (AvgIpc) is 2.22. The summed E-state index contributed by atoms with van der Waals surface area (Å²) in [5, 5.41) is 3.28. The first kappa shape index (κ1) is 10.4. The van der Waals surface area contributed by atoms with E-state index in [1.54, 1.807) is 0 Å². The molecule has 0 amide bonds. The van der Waals surface area contributed by atoms with Crippen LogP contribution in [0.3, 0.4) is 0 Å². The Labute approximate surface area is 96.8 Å². The number of dihydropyridines is 1. The molecule has 1 aromatic carbocycles. The Morgan fingerprint density at radius 1 is 1.27 bits per heavy atom. The molecule has 1 aliphatic heterocycles. The van der Waals surface area contributed by atoms with Gasteiger partial charge in [0.2, 0.25) is 0 Å². The summed E-state index contributed by atoms with van der Waals surface area (Å²) >= 11 is 3.39. The molecule has 0 aromatic heterocycles. The third kappa shape index (κ3) is 2.93. The molecule has 0 fully saturated rings. The monoisotopic (exact) mass is 267 g/mol. The molecule has 0 bridgehead atoms. The van der Waals surface area contributed by atoms with Crippen LogP contribution < -0.4 is 5.32 Å². The molecule has 1 N–H and O–H groups in total. The van der Waals surface area contributed by atoms with Gasteiger partial charge in [-0.05, 0) is 46.1 Å². The van der Waals surface area contributed by atoms with Crippen molar-refractivity contribution in [2.24, 2.45) is 0 Å². The highest BCUT2D eigenvalue weighted by molar-refractivity contribution is 9.11. The minimum absolute atomic E-state index is 0.188. The summed E-state index contributed by atoms with van der Waals surface area (Å²) in [6.07, 6.45) is 6.92. The molecule has 2 rings (SSSR count). The van der Waals surface area contributed by atoms with E-state index in [0.717, 1.165) is 16.6 Å². The van der Waals surface area contributed by atoms with Gasteiger partial charge in [-0.1, -0.05) is 24.3 Å². The van der Waals surface area contributed by atoms with E-state index in [2.05, 4.69) is 27.3 Å². The molecule has 0 saturated carbocycles. The van der Waals surface area contributed by atoms with Gasteiger partial charge in [0, 0.05) is 6.04 Å². The van der Waals surface area contributed by atoms with Gasteiger partial charge in [0.25, 0.3) is 0 Å². The molecule has 1 nitrogen and oxygen atoms in total. The fourth-order valence-electron chi connectivity index (χ4n) is 1.54. The minimum atomic E-state index is -0.188. The van der Waals surface area contributed by atoms with Crippen molar-refractivity contribution in [3.63, 3.8) is 0 Å². The van der Waals surface area contributed by atoms with Gasteiger partial charge in [-0.2, -0.15) is 0 Å². The van der Waals surface area contributed by atoms with E-state index in [1.165, 1.54) is 12.1 Å². The Morgan fingerprint density at radius 3 is 2.67 bits per heavy atom. The number of nitrogens with one attached hydrogen (secondary N) is 1. The maximum Gasteiger partial charge on any atom is 0.123 e. The summed E-state index contributed by atoms with van der Waals surface area (Å²) in [6, 6.07) is 6.89. The van der Waals surface area contributed by atoms with Gasteiger partial charge in [-0.25, -0.2) is 4.39 Å². The standard InChI is InChI=1S/C12H11BrFN/c13-12-3-1-2-11(15-12)8-9-4-6-10(14)7-5-9/h1-7,11,15H,8H2/t11-/m1/s1. The van der Waals surface area contributed by atoms with Crippen molar-refractivity contribution in [3.8, 4) is 0 Å². The second-order valence-corrected chi connectivity index (χ2v) is 4.34. The number of allylic oxidation sites excluding steroid dienone is 2. The first-order chi connectivity index (χ1) is 7.24. The zero-order valence-corrected chi connectivity index (χ0v) is 9.67. The molecule has 78 valence electrons. The number of rotatable bonds is 2. The molecule has 0 unspecified atom stereocenters. The van der Waals surface area contributed by atoms with E-state index in [0.29, 0.717) is 0 Å². The molecular weight excluding hydrogens is 257 g/mol. The summed E-state index contributed by atoms with van der Waals surface area (Å²) in [7, 11) is 0. The van der Waals surface area contributed by atoms with Crippen LogP contribution in [-0.4, -0.2) is 6.04 Å². The van der Waals surface area contributed by atoms with Crippen LogP contribution >= 0.6 is 15.9 Å². The third-order valence-corrected chi connectivity index (χ3v) is 2.77. The van der Waals surface area contributed by atoms with Crippen LogP contribution in [0.2, 0.25) is 0 Å². The van der Waals surface area contributed by atoms with E-state index in [1.807, 2.05) is 24.3 Å². The van der Waals surface area contributed by atoms with Gasteiger partial charge < -0.3 is 5.32 Å². The predicted octanol–water partition coefficient (Wildman–Crippen LogP) is 3.13. The first-order valence-electron chi connectivity index (χ1n) is 4.79. The summed E-state index contributed by atoms with van der Waals surface area (Å²) < 4.78 is 13.7. The smallest absolute Gasteiger partial charge is 0.123 e. The van der Waals surface area contributed by atoms with Gasteiger partial charge in [-0.15, -0.1) is 0 Å². The number of benzene rings is 1. The lowest BCUT2D eigenvalue weighted by Gasteiger charge is -2.18. The summed E-state index contributed by atoms with van der Waals surface area (Å²) in [6.45, 7) is 0. The molecule has 1 aliphatic rings. The van der Waals surface area contributed by atoms with Crippen LogP contribution in [0.25, 0.3) is 0 Å². The van der Waals surface area contributed by atoms with Gasteiger partial charge in [-0.3, -0.25) is 0 Å². The SMILES string of the molecule is Fc1ccc(C[C@H]2C=CC=C(Br)N2)cc1. The molecular formula is C12H11BrFN. The normalized spacial score (nSPS) is 19.6. The highest BCUT2D eigenvalue weighted by atomic mass is 79.9. The van der Waals surface area contributed by atoms with E-state index in [9.17, 15) is 4.39 Å². The lowest BCUT2D eigenvalue weighted by atomic mass is 10.0. The first-order valence-corrected chi connectivity index (χ1v) is 5.58. The predicted molar refractivity (Wildman–Crippen MR) is 63.2 cm³/mol. The molecule has 0 aliphatic carbocycles. The zero-order chi connectivity index (χ0) is 10.7. The van der Waals surface area contributed by atoms with Crippen molar-refractivity contribution < 1.29 is 4.39 Å². The Bertz CT molecular complexity index is 395. The maximum absolute atomic E-state index is 12.7. The highest BCUT2D eigenvalue weighted by Crippen LogP contribution is 2.12. The molecule has 0 saturated heterocycles. The van der Waals surface area contributed by atoms with Crippen LogP contribution in [0.1, 0.15) is 5.56 Å². The molecule has 0 radical (unpaired) electrons. The van der Waals surface area contributed by atoms with Crippen molar-refractivity contribution in [1.82, 2.24) is 5.32 Å². The van der Waals surface area contributed by atoms with Crippen LogP contribution in [0, 0.1) is 5.82 Å². The van der Waals surface area contributed by atoms with Crippen LogP contribution in [0.5, 0.6) is 0 Å². The van der Waals surface area contributed by atoms with Crippen molar-refractivity contribution in [3.05, 3.63) is 58.5 Å². The van der Waals surface area contributed by atoms with Gasteiger partial charge in [0.1, 0.15) is 5.82 Å². The number of hydrogen-bond acceptors (Lipinski definition) is 1. The quantitative estimate of drug-likeness (QED) is 0.812. The Hall–Kier alpha value is -1.09. The largest absolute Gasteiger partial charge is 0.373 e. The second-order valence-electron chi connectivity index (χ2n) is 3.48. The minimum Gasteiger partial charge on any atom is -0.373 e. The fourth-order valence-corrected chi connectivity index (χ4v) is 1.99. The van der Waals surface area contributed by atoms with Crippen molar-refractivity contribution in [2.75, 3.05) is 0 Å². The van der Waals surface area contributed by atoms with Crippen molar-refractivity contribution in [1.29, 1.82) is 0 Å². The maximum atomic E-state index is 12.7. The van der Waals surface area contributed by atoms with E-state index in [-0.39, 0.29) is 11.9 Å². The summed E-state index contributed by atoms with van der Waals surface area (Å²) in [5.41, 5.74) is 1.13.